The Morgan fingerprint density at radius 3 is 2.23 bits per heavy atom. The monoisotopic (exact) mass is 440 g/mol. The second kappa shape index (κ2) is 8.88. The van der Waals surface area contributed by atoms with E-state index >= 15 is 0 Å². The predicted molar refractivity (Wildman–Crippen MR) is 111 cm³/mol. The number of nitrogens with zero attached hydrogens (tertiary/aromatic N) is 3. The number of carbonyl (C=O) groups is 2. The van der Waals surface area contributed by atoms with Crippen LogP contribution in [0.2, 0.25) is 0 Å². The second-order valence-corrected chi connectivity index (χ2v) is 7.87. The molecule has 1 fully saturated rings. The zero-order chi connectivity index (χ0) is 21.8. The number of rotatable bonds is 8. The number of aliphatic hydroxyl groups excluding tert-OH is 2. The lowest BCUT2D eigenvalue weighted by molar-refractivity contribution is -0.125. The van der Waals surface area contributed by atoms with E-state index in [9.17, 15) is 14.7 Å². The van der Waals surface area contributed by atoms with Crippen molar-refractivity contribution in [3.63, 3.8) is 0 Å². The van der Waals surface area contributed by atoms with Gasteiger partial charge in [0.15, 0.2) is 5.54 Å². The highest BCUT2D eigenvalue weighted by atomic mass is 32.2. The fraction of sp³-hybridized carbons (Fsp3) is 0.238. The van der Waals surface area contributed by atoms with E-state index in [1.54, 1.807) is 24.3 Å². The molecule has 3 aromatic rings. The van der Waals surface area contributed by atoms with Gasteiger partial charge in [0.2, 0.25) is 5.89 Å². The highest BCUT2D eigenvalue weighted by molar-refractivity contribution is 7.99. The summed E-state index contributed by atoms with van der Waals surface area (Å²) in [6.07, 6.45) is -0.911. The first-order valence-electron chi connectivity index (χ1n) is 9.54. The molecule has 1 aliphatic heterocycles. The van der Waals surface area contributed by atoms with Gasteiger partial charge in [-0.25, -0.2) is 4.79 Å². The average molecular weight is 440 g/mol. The Hall–Kier alpha value is -3.21. The normalized spacial score (nSPS) is 16.4. The third kappa shape index (κ3) is 3.92. The summed E-state index contributed by atoms with van der Waals surface area (Å²) in [5.41, 5.74) is -0.136. The summed E-state index contributed by atoms with van der Waals surface area (Å²) < 4.78 is 5.60. The SMILES string of the molecule is O=C1NC(=O)C(c2ccccc2)(c2ccccc2)N1Cc1nnc(SCC(O)CO)o1. The van der Waals surface area contributed by atoms with Gasteiger partial charge in [-0.15, -0.1) is 10.2 Å². The summed E-state index contributed by atoms with van der Waals surface area (Å²) in [6.45, 7) is -0.474. The van der Waals surface area contributed by atoms with Crippen LogP contribution in [0.1, 0.15) is 17.0 Å². The van der Waals surface area contributed by atoms with Crippen molar-refractivity contribution in [3.8, 4) is 0 Å². The number of benzene rings is 2. The van der Waals surface area contributed by atoms with Gasteiger partial charge in [0, 0.05) is 5.75 Å². The quantitative estimate of drug-likeness (QED) is 0.355. The molecule has 3 N–H and O–H groups in total. The molecule has 0 saturated carbocycles. The van der Waals surface area contributed by atoms with Gasteiger partial charge in [0.05, 0.1) is 12.7 Å². The van der Waals surface area contributed by atoms with Crippen molar-refractivity contribution < 1.29 is 24.2 Å². The van der Waals surface area contributed by atoms with Gasteiger partial charge in [-0.1, -0.05) is 72.4 Å². The Bertz CT molecular complexity index is 1020. The molecule has 0 radical (unpaired) electrons. The Balaban J connectivity index is 1.71. The largest absolute Gasteiger partial charge is 0.414 e. The number of aromatic nitrogens is 2. The molecule has 2 heterocycles. The Morgan fingerprint density at radius 2 is 1.65 bits per heavy atom. The van der Waals surface area contributed by atoms with Gasteiger partial charge >= 0.3 is 6.03 Å². The maximum absolute atomic E-state index is 13.2. The molecule has 1 saturated heterocycles. The van der Waals surface area contributed by atoms with Crippen LogP contribution in [0.3, 0.4) is 0 Å². The summed E-state index contributed by atoms with van der Waals surface area (Å²) >= 11 is 1.09. The summed E-state index contributed by atoms with van der Waals surface area (Å²) in [5, 5.41) is 28.9. The van der Waals surface area contributed by atoms with Gasteiger partial charge in [0.1, 0.15) is 6.54 Å². The van der Waals surface area contributed by atoms with E-state index in [4.69, 9.17) is 9.52 Å². The number of hydrogen-bond acceptors (Lipinski definition) is 8. The first-order chi connectivity index (χ1) is 15.1. The fourth-order valence-electron chi connectivity index (χ4n) is 3.54. The third-order valence-corrected chi connectivity index (χ3v) is 5.90. The lowest BCUT2D eigenvalue weighted by Crippen LogP contribution is -2.47. The lowest BCUT2D eigenvalue weighted by atomic mass is 9.81. The van der Waals surface area contributed by atoms with E-state index in [0.29, 0.717) is 11.1 Å². The van der Waals surface area contributed by atoms with E-state index in [2.05, 4.69) is 15.5 Å². The maximum atomic E-state index is 13.2. The van der Waals surface area contributed by atoms with Crippen molar-refractivity contribution in [2.24, 2.45) is 0 Å². The van der Waals surface area contributed by atoms with Gasteiger partial charge in [-0.05, 0) is 11.1 Å². The first kappa shape index (κ1) is 21.0. The van der Waals surface area contributed by atoms with E-state index in [1.807, 2.05) is 36.4 Å². The molecule has 2 aromatic carbocycles. The number of aliphatic hydroxyl groups is 2. The molecule has 1 aliphatic rings. The minimum atomic E-state index is -1.39. The first-order valence-corrected chi connectivity index (χ1v) is 10.5. The Labute approximate surface area is 182 Å². The topological polar surface area (TPSA) is 129 Å². The van der Waals surface area contributed by atoms with Crippen LogP contribution in [0.25, 0.3) is 0 Å². The van der Waals surface area contributed by atoms with Crippen LogP contribution >= 0.6 is 11.8 Å². The predicted octanol–water partition coefficient (Wildman–Crippen LogP) is 1.51. The molecule has 1 atom stereocenters. The number of carbonyl (C=O) groups excluding carboxylic acids is 2. The molecule has 0 aliphatic carbocycles. The van der Waals surface area contributed by atoms with Crippen LogP contribution in [0, 0.1) is 0 Å². The number of hydrogen-bond donors (Lipinski definition) is 3. The molecule has 3 amide bonds. The van der Waals surface area contributed by atoms with Crippen molar-refractivity contribution in [1.82, 2.24) is 20.4 Å². The fourth-order valence-corrected chi connectivity index (χ4v) is 4.23. The number of thioether (sulfide) groups is 1. The van der Waals surface area contributed by atoms with Crippen molar-refractivity contribution >= 4 is 23.7 Å². The molecular weight excluding hydrogens is 420 g/mol. The van der Waals surface area contributed by atoms with E-state index in [0.717, 1.165) is 11.8 Å². The van der Waals surface area contributed by atoms with Crippen LogP contribution in [-0.2, 0) is 16.9 Å². The summed E-state index contributed by atoms with van der Waals surface area (Å²) in [6, 6.07) is 17.5. The second-order valence-electron chi connectivity index (χ2n) is 6.90. The van der Waals surface area contributed by atoms with Gasteiger partial charge in [0.25, 0.3) is 11.1 Å². The molecule has 4 rings (SSSR count). The van der Waals surface area contributed by atoms with Crippen molar-refractivity contribution in [1.29, 1.82) is 0 Å². The van der Waals surface area contributed by atoms with E-state index in [-0.39, 0.29) is 30.0 Å². The van der Waals surface area contributed by atoms with Crippen molar-refractivity contribution in [3.05, 3.63) is 77.7 Å². The minimum absolute atomic E-state index is 0.0997. The molecule has 31 heavy (non-hydrogen) atoms. The number of amides is 3. The zero-order valence-corrected chi connectivity index (χ0v) is 17.2. The molecule has 10 heteroatoms. The molecule has 9 nitrogen and oxygen atoms in total. The van der Waals surface area contributed by atoms with Crippen molar-refractivity contribution in [2.75, 3.05) is 12.4 Å². The molecule has 0 bridgehead atoms. The molecule has 1 aromatic heterocycles. The van der Waals surface area contributed by atoms with Crippen LogP contribution < -0.4 is 5.32 Å². The summed E-state index contributed by atoms with van der Waals surface area (Å²) in [4.78, 5) is 27.5. The van der Waals surface area contributed by atoms with Crippen LogP contribution in [0.15, 0.2) is 70.3 Å². The smallest absolute Gasteiger partial charge is 0.326 e. The summed E-state index contributed by atoms with van der Waals surface area (Å²) in [5.74, 6) is -0.143. The zero-order valence-electron chi connectivity index (χ0n) is 16.3. The third-order valence-electron chi connectivity index (χ3n) is 4.93. The Morgan fingerprint density at radius 1 is 1.03 bits per heavy atom. The van der Waals surface area contributed by atoms with Crippen LogP contribution in [0.4, 0.5) is 4.79 Å². The maximum Gasteiger partial charge on any atom is 0.326 e. The Kier molecular flexibility index (Phi) is 6.03. The molecule has 160 valence electrons. The van der Waals surface area contributed by atoms with Gasteiger partial charge in [-0.3, -0.25) is 15.0 Å². The summed E-state index contributed by atoms with van der Waals surface area (Å²) in [7, 11) is 0. The number of imide groups is 1. The average Bonchev–Trinajstić information content (AvgIpc) is 3.35. The van der Waals surface area contributed by atoms with Gasteiger partial charge < -0.3 is 14.6 Å². The van der Waals surface area contributed by atoms with Crippen LogP contribution in [0.5, 0.6) is 0 Å². The molecule has 0 spiro atoms. The molecule has 1 unspecified atom stereocenters. The van der Waals surface area contributed by atoms with Crippen molar-refractivity contribution in [2.45, 2.75) is 23.4 Å². The van der Waals surface area contributed by atoms with E-state index < -0.39 is 23.6 Å². The number of urea groups is 1. The number of nitrogens with one attached hydrogen (secondary N) is 1. The van der Waals surface area contributed by atoms with Gasteiger partial charge in [-0.2, -0.15) is 0 Å². The van der Waals surface area contributed by atoms with Crippen LogP contribution in [-0.4, -0.2) is 55.7 Å². The standard InChI is InChI=1S/C21H20N4O5S/c26-12-16(27)13-31-20-24-23-17(30-20)11-25-19(29)22-18(28)21(25,14-7-3-1-4-8-14)15-9-5-2-6-10-15/h1-10,16,26-27H,11-13H2,(H,22,28,29). The van der Waals surface area contributed by atoms with E-state index in [1.165, 1.54) is 4.90 Å². The lowest BCUT2D eigenvalue weighted by Gasteiger charge is -2.35. The molecular formula is C21H20N4O5S. The highest BCUT2D eigenvalue weighted by Gasteiger charge is 2.55. The highest BCUT2D eigenvalue weighted by Crippen LogP contribution is 2.40. The minimum Gasteiger partial charge on any atom is -0.414 e.